The molecule has 2 rings (SSSR count). The van der Waals surface area contributed by atoms with E-state index in [0.717, 1.165) is 10.2 Å². The van der Waals surface area contributed by atoms with Crippen LogP contribution in [-0.4, -0.2) is 12.0 Å². The SMILES string of the molecule is CNC(c1cscc1Br)c1ncc(C)cc1C. The van der Waals surface area contributed by atoms with E-state index in [2.05, 4.69) is 56.9 Å². The highest BCUT2D eigenvalue weighted by atomic mass is 79.9. The van der Waals surface area contributed by atoms with Gasteiger partial charge in [-0.1, -0.05) is 6.07 Å². The van der Waals surface area contributed by atoms with Gasteiger partial charge in [0.1, 0.15) is 0 Å². The monoisotopic (exact) mass is 310 g/mol. The minimum Gasteiger partial charge on any atom is -0.308 e. The highest BCUT2D eigenvalue weighted by Gasteiger charge is 2.18. The van der Waals surface area contributed by atoms with Gasteiger partial charge in [0.05, 0.1) is 11.7 Å². The van der Waals surface area contributed by atoms with Gasteiger partial charge in [-0.3, -0.25) is 4.98 Å². The molecule has 0 aromatic carbocycles. The topological polar surface area (TPSA) is 24.9 Å². The second-order valence-electron chi connectivity index (χ2n) is 4.11. The normalized spacial score (nSPS) is 12.7. The molecule has 2 nitrogen and oxygen atoms in total. The van der Waals surface area contributed by atoms with Crippen LogP contribution in [-0.2, 0) is 0 Å². The third-order valence-corrected chi connectivity index (χ3v) is 4.52. The number of halogens is 1. The lowest BCUT2D eigenvalue weighted by molar-refractivity contribution is 0.665. The Balaban J connectivity index is 2.46. The number of hydrogen-bond donors (Lipinski definition) is 1. The molecule has 0 fully saturated rings. The van der Waals surface area contributed by atoms with Crippen LogP contribution < -0.4 is 5.32 Å². The number of nitrogens with one attached hydrogen (secondary N) is 1. The Bertz CT molecular complexity index is 522. The number of hydrogen-bond acceptors (Lipinski definition) is 3. The third-order valence-electron chi connectivity index (χ3n) is 2.77. The summed E-state index contributed by atoms with van der Waals surface area (Å²) >= 11 is 5.29. The van der Waals surface area contributed by atoms with Crippen molar-refractivity contribution in [2.45, 2.75) is 19.9 Å². The molecule has 0 amide bonds. The molecule has 0 spiro atoms. The molecule has 1 atom stereocenters. The molecule has 2 aromatic rings. The van der Waals surface area contributed by atoms with Crippen LogP contribution in [0.15, 0.2) is 27.5 Å². The number of pyridine rings is 1. The van der Waals surface area contributed by atoms with Gasteiger partial charge < -0.3 is 5.32 Å². The fourth-order valence-electron chi connectivity index (χ4n) is 1.96. The smallest absolute Gasteiger partial charge is 0.0770 e. The predicted octanol–water partition coefficient (Wildman–Crippen LogP) is 3.83. The van der Waals surface area contributed by atoms with Crippen LogP contribution in [0.5, 0.6) is 0 Å². The molecule has 90 valence electrons. The van der Waals surface area contributed by atoms with Crippen LogP contribution >= 0.6 is 27.3 Å². The van der Waals surface area contributed by atoms with Crippen LogP contribution in [0, 0.1) is 13.8 Å². The number of nitrogens with zero attached hydrogens (tertiary/aromatic N) is 1. The van der Waals surface area contributed by atoms with E-state index in [-0.39, 0.29) is 6.04 Å². The molecule has 1 N–H and O–H groups in total. The first-order valence-corrected chi connectivity index (χ1v) is 7.19. The molecule has 0 aliphatic heterocycles. The Morgan fingerprint density at radius 3 is 2.65 bits per heavy atom. The maximum atomic E-state index is 4.57. The minimum atomic E-state index is 0.149. The molecule has 1 unspecified atom stereocenters. The summed E-state index contributed by atoms with van der Waals surface area (Å²) in [6.45, 7) is 4.18. The molecule has 17 heavy (non-hydrogen) atoms. The van der Waals surface area contributed by atoms with Crippen molar-refractivity contribution < 1.29 is 0 Å². The van der Waals surface area contributed by atoms with E-state index in [4.69, 9.17) is 0 Å². The van der Waals surface area contributed by atoms with E-state index in [0.29, 0.717) is 0 Å². The maximum Gasteiger partial charge on any atom is 0.0770 e. The van der Waals surface area contributed by atoms with Gasteiger partial charge in [-0.2, -0.15) is 11.3 Å². The van der Waals surface area contributed by atoms with E-state index >= 15 is 0 Å². The highest BCUT2D eigenvalue weighted by Crippen LogP contribution is 2.31. The first kappa shape index (κ1) is 12.7. The molecule has 0 aliphatic rings. The summed E-state index contributed by atoms with van der Waals surface area (Å²) < 4.78 is 1.14. The van der Waals surface area contributed by atoms with Crippen molar-refractivity contribution in [1.29, 1.82) is 0 Å². The van der Waals surface area contributed by atoms with Crippen molar-refractivity contribution in [2.75, 3.05) is 7.05 Å². The van der Waals surface area contributed by atoms with Crippen LogP contribution in [0.1, 0.15) is 28.4 Å². The predicted molar refractivity (Wildman–Crippen MR) is 76.6 cm³/mol. The van der Waals surface area contributed by atoms with Gasteiger partial charge in [0, 0.05) is 16.0 Å². The van der Waals surface area contributed by atoms with Gasteiger partial charge in [0.15, 0.2) is 0 Å². The van der Waals surface area contributed by atoms with Gasteiger partial charge in [0.2, 0.25) is 0 Å². The fraction of sp³-hybridized carbons (Fsp3) is 0.308. The Kier molecular flexibility index (Phi) is 3.97. The third kappa shape index (κ3) is 2.59. The zero-order valence-electron chi connectivity index (χ0n) is 10.1. The van der Waals surface area contributed by atoms with Crippen LogP contribution in [0.4, 0.5) is 0 Å². The summed E-state index contributed by atoms with van der Waals surface area (Å²) in [7, 11) is 1.97. The van der Waals surface area contributed by atoms with E-state index < -0.39 is 0 Å². The van der Waals surface area contributed by atoms with E-state index in [1.165, 1.54) is 16.7 Å². The summed E-state index contributed by atoms with van der Waals surface area (Å²) in [5, 5.41) is 7.60. The molecule has 0 aliphatic carbocycles. The molecule has 0 radical (unpaired) electrons. The Morgan fingerprint density at radius 2 is 2.12 bits per heavy atom. The highest BCUT2D eigenvalue weighted by molar-refractivity contribution is 9.10. The van der Waals surface area contributed by atoms with Crippen LogP contribution in [0.25, 0.3) is 0 Å². The van der Waals surface area contributed by atoms with Crippen molar-refractivity contribution in [2.24, 2.45) is 0 Å². The van der Waals surface area contributed by atoms with Crippen LogP contribution in [0.2, 0.25) is 0 Å². The van der Waals surface area contributed by atoms with Crippen molar-refractivity contribution >= 4 is 27.3 Å². The first-order valence-electron chi connectivity index (χ1n) is 5.45. The van der Waals surface area contributed by atoms with Gasteiger partial charge in [-0.15, -0.1) is 0 Å². The summed E-state index contributed by atoms with van der Waals surface area (Å²) in [6.07, 6.45) is 1.92. The fourth-order valence-corrected chi connectivity index (χ4v) is 3.52. The standard InChI is InChI=1S/C13H15BrN2S/c1-8-4-9(2)12(16-5-8)13(15-3)10-6-17-7-11(10)14/h4-7,13,15H,1-3H3. The zero-order chi connectivity index (χ0) is 12.4. The van der Waals surface area contributed by atoms with Crippen molar-refractivity contribution in [1.82, 2.24) is 10.3 Å². The first-order chi connectivity index (χ1) is 8.13. The quantitative estimate of drug-likeness (QED) is 0.932. The van der Waals surface area contributed by atoms with Gasteiger partial charge >= 0.3 is 0 Å². The van der Waals surface area contributed by atoms with Crippen LogP contribution in [0.3, 0.4) is 0 Å². The van der Waals surface area contributed by atoms with E-state index in [1.807, 2.05) is 13.2 Å². The lowest BCUT2D eigenvalue weighted by Crippen LogP contribution is -2.19. The molecule has 0 bridgehead atoms. The summed E-state index contributed by atoms with van der Waals surface area (Å²) in [5.74, 6) is 0. The second-order valence-corrected chi connectivity index (χ2v) is 5.71. The zero-order valence-corrected chi connectivity index (χ0v) is 12.5. The maximum absolute atomic E-state index is 4.57. The lowest BCUT2D eigenvalue weighted by Gasteiger charge is -2.17. The molecule has 4 heteroatoms. The van der Waals surface area contributed by atoms with Gasteiger partial charge in [0.25, 0.3) is 0 Å². The second kappa shape index (κ2) is 5.29. The molecule has 2 heterocycles. The molecular formula is C13H15BrN2S. The Hall–Kier alpha value is -0.710. The number of aryl methyl sites for hydroxylation is 2. The van der Waals surface area contributed by atoms with Crippen molar-refractivity contribution in [3.63, 3.8) is 0 Å². The molecule has 2 aromatic heterocycles. The van der Waals surface area contributed by atoms with E-state index in [1.54, 1.807) is 11.3 Å². The average Bonchev–Trinajstić information content (AvgIpc) is 2.69. The molecular weight excluding hydrogens is 296 g/mol. The summed E-state index contributed by atoms with van der Waals surface area (Å²) in [5.41, 5.74) is 4.77. The van der Waals surface area contributed by atoms with E-state index in [9.17, 15) is 0 Å². The summed E-state index contributed by atoms with van der Waals surface area (Å²) in [4.78, 5) is 4.57. The number of thiophene rings is 1. The van der Waals surface area contributed by atoms with Gasteiger partial charge in [-0.05, 0) is 58.9 Å². The summed E-state index contributed by atoms with van der Waals surface area (Å²) in [6, 6.07) is 2.32. The number of aromatic nitrogens is 1. The van der Waals surface area contributed by atoms with Gasteiger partial charge in [-0.25, -0.2) is 0 Å². The minimum absolute atomic E-state index is 0.149. The van der Waals surface area contributed by atoms with Crippen molar-refractivity contribution in [3.8, 4) is 0 Å². The largest absolute Gasteiger partial charge is 0.308 e. The van der Waals surface area contributed by atoms with Crippen molar-refractivity contribution in [3.05, 3.63) is 49.9 Å². The molecule has 0 saturated heterocycles. The molecule has 0 saturated carbocycles. The number of rotatable bonds is 3. The Labute approximate surface area is 114 Å². The lowest BCUT2D eigenvalue weighted by atomic mass is 10.0. The average molecular weight is 311 g/mol. The Morgan fingerprint density at radius 1 is 1.35 bits per heavy atom.